The van der Waals surface area contributed by atoms with E-state index in [0.717, 1.165) is 55.5 Å². The third kappa shape index (κ3) is 10.8. The van der Waals surface area contributed by atoms with Crippen LogP contribution >= 0.6 is 0 Å². The molecule has 3 aromatic rings. The van der Waals surface area contributed by atoms with Gasteiger partial charge in [-0.1, -0.05) is 51.7 Å². The number of aryl methyl sites for hydroxylation is 1. The molecule has 1 aromatic heterocycles. The Balaban J connectivity index is 1.36. The molecule has 6 nitrogen and oxygen atoms in total. The highest BCUT2D eigenvalue weighted by Gasteiger charge is 2.10. The summed E-state index contributed by atoms with van der Waals surface area (Å²) in [6.07, 6.45) is 12.7. The van der Waals surface area contributed by atoms with Crippen molar-refractivity contribution < 1.29 is 23.8 Å². The molecule has 0 radical (unpaired) electrons. The highest BCUT2D eigenvalue weighted by atomic mass is 16.5. The Bertz CT molecular complexity index is 1150. The van der Waals surface area contributed by atoms with Crippen LogP contribution in [0.4, 0.5) is 0 Å². The number of aromatic nitrogens is 1. The molecular formula is C33H39NO5. The number of ether oxygens (including phenoxy) is 3. The smallest absolute Gasteiger partial charge is 0.343 e. The number of pyridine rings is 1. The highest BCUT2D eigenvalue weighted by Crippen LogP contribution is 2.22. The van der Waals surface area contributed by atoms with Gasteiger partial charge in [0, 0.05) is 17.8 Å². The van der Waals surface area contributed by atoms with Crippen LogP contribution in [0.15, 0.2) is 79.5 Å². The van der Waals surface area contributed by atoms with Gasteiger partial charge in [-0.3, -0.25) is 4.98 Å². The molecule has 0 saturated heterocycles. The van der Waals surface area contributed by atoms with Gasteiger partial charge in [-0.25, -0.2) is 9.59 Å². The summed E-state index contributed by atoms with van der Waals surface area (Å²) in [6, 6.07) is 18.6. The second kappa shape index (κ2) is 16.8. The number of hydrogen-bond donors (Lipinski definition) is 0. The molecule has 6 heteroatoms. The molecule has 0 amide bonds. The zero-order chi connectivity index (χ0) is 27.7. The molecule has 0 bridgehead atoms. The fourth-order valence-corrected chi connectivity index (χ4v) is 4.03. The predicted octanol–water partition coefficient (Wildman–Crippen LogP) is 7.76. The number of esters is 2. The standard InChI is InChI=1S/C33H39NO5/c1-3-5-9-12-26-13-22-31(34-25-26)27-14-20-30(21-15-27)39-33(36)28-16-18-29(19-17-28)37-23-10-7-6-8-11-24-38-32(35)4-2/h4,13-22,25H,2-3,5-12,23-24H2,1H3. The van der Waals surface area contributed by atoms with Gasteiger partial charge in [0.05, 0.1) is 24.5 Å². The van der Waals surface area contributed by atoms with Crippen molar-refractivity contribution in [3.8, 4) is 22.8 Å². The molecule has 1 heterocycles. The quantitative estimate of drug-likeness (QED) is 0.0770. The highest BCUT2D eigenvalue weighted by molar-refractivity contribution is 5.91. The Morgan fingerprint density at radius 3 is 2.15 bits per heavy atom. The van der Waals surface area contributed by atoms with E-state index < -0.39 is 5.97 Å². The van der Waals surface area contributed by atoms with Gasteiger partial charge in [-0.15, -0.1) is 0 Å². The number of carbonyl (C=O) groups excluding carboxylic acids is 2. The lowest BCUT2D eigenvalue weighted by molar-refractivity contribution is -0.137. The number of rotatable bonds is 17. The molecule has 0 N–H and O–H groups in total. The third-order valence-corrected chi connectivity index (χ3v) is 6.31. The molecule has 0 spiro atoms. The second-order valence-corrected chi connectivity index (χ2v) is 9.43. The van der Waals surface area contributed by atoms with E-state index >= 15 is 0 Å². The summed E-state index contributed by atoms with van der Waals surface area (Å²) in [4.78, 5) is 28.1. The van der Waals surface area contributed by atoms with Crippen molar-refractivity contribution in [2.24, 2.45) is 0 Å². The molecule has 2 aromatic carbocycles. The minimum absolute atomic E-state index is 0.371. The average Bonchev–Trinajstić information content (AvgIpc) is 2.97. The van der Waals surface area contributed by atoms with Crippen LogP contribution in [0, 0.1) is 0 Å². The van der Waals surface area contributed by atoms with E-state index in [1.54, 1.807) is 36.4 Å². The summed E-state index contributed by atoms with van der Waals surface area (Å²) in [7, 11) is 0. The van der Waals surface area contributed by atoms with Crippen LogP contribution in [-0.2, 0) is 16.0 Å². The molecule has 0 aliphatic rings. The van der Waals surface area contributed by atoms with E-state index in [2.05, 4.69) is 24.6 Å². The fourth-order valence-electron chi connectivity index (χ4n) is 4.03. The van der Waals surface area contributed by atoms with Crippen molar-refractivity contribution in [2.45, 2.75) is 64.7 Å². The SMILES string of the molecule is C=CC(=O)OCCCCCCCOc1ccc(C(=O)Oc2ccc(-c3ccc(CCCCC)cn3)cc2)cc1. The average molecular weight is 530 g/mol. The van der Waals surface area contributed by atoms with E-state index in [1.807, 2.05) is 24.4 Å². The van der Waals surface area contributed by atoms with E-state index in [0.29, 0.717) is 24.5 Å². The van der Waals surface area contributed by atoms with Gasteiger partial charge in [0.1, 0.15) is 11.5 Å². The summed E-state index contributed by atoms with van der Waals surface area (Å²) < 4.78 is 16.3. The first-order valence-corrected chi connectivity index (χ1v) is 13.9. The maximum Gasteiger partial charge on any atom is 0.343 e. The fraction of sp³-hybridized carbons (Fsp3) is 0.364. The lowest BCUT2D eigenvalue weighted by Crippen LogP contribution is -2.08. The number of carbonyl (C=O) groups is 2. The summed E-state index contributed by atoms with van der Waals surface area (Å²) in [5.41, 5.74) is 3.59. The van der Waals surface area contributed by atoms with Crippen LogP contribution in [0.3, 0.4) is 0 Å². The molecular weight excluding hydrogens is 490 g/mol. The van der Waals surface area contributed by atoms with Crippen LogP contribution in [0.25, 0.3) is 11.3 Å². The van der Waals surface area contributed by atoms with Crippen molar-refractivity contribution in [3.63, 3.8) is 0 Å². The Morgan fingerprint density at radius 1 is 0.795 bits per heavy atom. The first kappa shape index (κ1) is 29.6. The van der Waals surface area contributed by atoms with Crippen LogP contribution < -0.4 is 9.47 Å². The Kier molecular flexibility index (Phi) is 12.8. The van der Waals surface area contributed by atoms with Crippen molar-refractivity contribution >= 4 is 11.9 Å². The number of benzene rings is 2. The van der Waals surface area contributed by atoms with Gasteiger partial charge < -0.3 is 14.2 Å². The van der Waals surface area contributed by atoms with Crippen molar-refractivity contribution in [2.75, 3.05) is 13.2 Å². The molecule has 206 valence electrons. The van der Waals surface area contributed by atoms with Crippen LogP contribution in [-0.4, -0.2) is 30.1 Å². The molecule has 0 fully saturated rings. The van der Waals surface area contributed by atoms with Crippen molar-refractivity contribution in [3.05, 3.63) is 90.6 Å². The largest absolute Gasteiger partial charge is 0.494 e. The lowest BCUT2D eigenvalue weighted by Gasteiger charge is -2.08. The second-order valence-electron chi connectivity index (χ2n) is 9.43. The number of unbranched alkanes of at least 4 members (excludes halogenated alkanes) is 6. The Hall–Kier alpha value is -3.93. The van der Waals surface area contributed by atoms with Gasteiger partial charge >= 0.3 is 11.9 Å². The van der Waals surface area contributed by atoms with Crippen LogP contribution in [0.1, 0.15) is 74.2 Å². The first-order chi connectivity index (χ1) is 19.1. The van der Waals surface area contributed by atoms with Gasteiger partial charge in [0.15, 0.2) is 0 Å². The number of nitrogens with zero attached hydrogens (tertiary/aromatic N) is 1. The van der Waals surface area contributed by atoms with E-state index in [-0.39, 0.29) is 5.97 Å². The minimum Gasteiger partial charge on any atom is -0.494 e. The minimum atomic E-state index is -0.414. The van der Waals surface area contributed by atoms with Gasteiger partial charge in [0.2, 0.25) is 0 Å². The van der Waals surface area contributed by atoms with Crippen LogP contribution in [0.5, 0.6) is 11.5 Å². The molecule has 0 saturated carbocycles. The molecule has 0 aliphatic heterocycles. The Labute approximate surface area is 232 Å². The van der Waals surface area contributed by atoms with Gasteiger partial charge in [0.25, 0.3) is 0 Å². The summed E-state index contributed by atoms with van der Waals surface area (Å²) >= 11 is 0. The Morgan fingerprint density at radius 2 is 1.49 bits per heavy atom. The van der Waals surface area contributed by atoms with Crippen molar-refractivity contribution in [1.82, 2.24) is 4.98 Å². The number of hydrogen-bond acceptors (Lipinski definition) is 6. The maximum absolute atomic E-state index is 12.6. The van der Waals surface area contributed by atoms with Gasteiger partial charge in [-0.05, 0) is 85.8 Å². The van der Waals surface area contributed by atoms with E-state index in [4.69, 9.17) is 14.2 Å². The summed E-state index contributed by atoms with van der Waals surface area (Å²) in [5.74, 6) is 0.419. The monoisotopic (exact) mass is 529 g/mol. The zero-order valence-electron chi connectivity index (χ0n) is 22.9. The molecule has 0 unspecified atom stereocenters. The lowest BCUT2D eigenvalue weighted by atomic mass is 10.1. The summed E-state index contributed by atoms with van der Waals surface area (Å²) in [5, 5.41) is 0. The van der Waals surface area contributed by atoms with E-state index in [1.165, 1.54) is 30.9 Å². The first-order valence-electron chi connectivity index (χ1n) is 13.9. The topological polar surface area (TPSA) is 74.7 Å². The van der Waals surface area contributed by atoms with Crippen molar-refractivity contribution in [1.29, 1.82) is 0 Å². The molecule has 0 aliphatic carbocycles. The molecule has 0 atom stereocenters. The normalized spacial score (nSPS) is 10.6. The molecule has 3 rings (SSSR count). The predicted molar refractivity (Wildman–Crippen MR) is 154 cm³/mol. The zero-order valence-corrected chi connectivity index (χ0v) is 22.9. The third-order valence-electron chi connectivity index (χ3n) is 6.31. The molecule has 39 heavy (non-hydrogen) atoms. The maximum atomic E-state index is 12.6. The van der Waals surface area contributed by atoms with Crippen LogP contribution in [0.2, 0.25) is 0 Å². The van der Waals surface area contributed by atoms with E-state index in [9.17, 15) is 9.59 Å². The van der Waals surface area contributed by atoms with Gasteiger partial charge in [-0.2, -0.15) is 0 Å². The summed E-state index contributed by atoms with van der Waals surface area (Å²) in [6.45, 7) is 6.62.